The second kappa shape index (κ2) is 6.88. The Morgan fingerprint density at radius 2 is 2.00 bits per heavy atom. The fraction of sp³-hybridized carbons (Fsp3) is 0.600. The van der Waals surface area contributed by atoms with Crippen molar-refractivity contribution in [3.63, 3.8) is 0 Å². The molecule has 0 fully saturated rings. The summed E-state index contributed by atoms with van der Waals surface area (Å²) in [4.78, 5) is 0.791. The number of thiocarbonyl (C=S) groups is 1. The van der Waals surface area contributed by atoms with E-state index in [9.17, 15) is 0 Å². The van der Waals surface area contributed by atoms with Gasteiger partial charge >= 0.3 is 10.4 Å². The van der Waals surface area contributed by atoms with E-state index in [-0.39, 0.29) is 0 Å². The predicted octanol–water partition coefficient (Wildman–Crippen LogP) is -0.0356. The molecule has 0 aromatic rings. The molecular formula is C5H10N2O4S2. The summed E-state index contributed by atoms with van der Waals surface area (Å²) < 4.78 is 31.6. The minimum Gasteiger partial charge on any atom is -0.316 e. The van der Waals surface area contributed by atoms with Crippen molar-refractivity contribution >= 4 is 27.5 Å². The highest BCUT2D eigenvalue weighted by molar-refractivity contribution is 7.80. The topological polar surface area (TPSA) is 124 Å². The normalized spacial score (nSPS) is 11.9. The first-order valence-electron chi connectivity index (χ1n) is 3.01. The molecule has 0 rings (SSSR count). The van der Waals surface area contributed by atoms with Gasteiger partial charge in [0, 0.05) is 6.42 Å². The third-order valence-corrected chi connectivity index (χ3v) is 0.840. The summed E-state index contributed by atoms with van der Waals surface area (Å²) in [5.41, 5.74) is 5.23. The van der Waals surface area contributed by atoms with E-state index in [2.05, 4.69) is 0 Å². The van der Waals surface area contributed by atoms with Crippen LogP contribution >= 0.6 is 12.2 Å². The van der Waals surface area contributed by atoms with Crippen molar-refractivity contribution in [1.29, 1.82) is 5.26 Å². The fourth-order valence-corrected chi connectivity index (χ4v) is 0.535. The second-order valence-corrected chi connectivity index (χ2v) is 3.68. The van der Waals surface area contributed by atoms with Crippen LogP contribution in [0.3, 0.4) is 0 Å². The Kier molecular flexibility index (Phi) is 7.89. The van der Waals surface area contributed by atoms with Gasteiger partial charge in [-0.25, -0.2) is 0 Å². The highest BCUT2D eigenvalue weighted by atomic mass is 32.3. The van der Waals surface area contributed by atoms with Gasteiger partial charge in [0.25, 0.3) is 0 Å². The van der Waals surface area contributed by atoms with Crippen LogP contribution < -0.4 is 5.73 Å². The Labute approximate surface area is 81.9 Å². The van der Waals surface area contributed by atoms with Crippen LogP contribution in [0.1, 0.15) is 13.3 Å². The summed E-state index contributed by atoms with van der Waals surface area (Å²) in [5, 5.41) is 8.15. The van der Waals surface area contributed by atoms with Gasteiger partial charge in [-0.15, -0.1) is 0 Å². The van der Waals surface area contributed by atoms with E-state index in [1.807, 2.05) is 6.07 Å². The number of hydrogen-bond donors (Lipinski definition) is 3. The van der Waals surface area contributed by atoms with Gasteiger partial charge in [-0.2, -0.15) is 13.7 Å². The summed E-state index contributed by atoms with van der Waals surface area (Å²) in [6.45, 7) is 1.78. The molecule has 0 saturated heterocycles. The zero-order valence-corrected chi connectivity index (χ0v) is 8.47. The van der Waals surface area contributed by atoms with E-state index < -0.39 is 16.4 Å². The molecule has 0 aliphatic carbocycles. The first-order chi connectivity index (χ1) is 5.66. The average Bonchev–Trinajstić information content (AvgIpc) is 1.82. The number of nitrogens with two attached hydrogens (primary N) is 1. The van der Waals surface area contributed by atoms with Crippen LogP contribution in [0, 0.1) is 11.3 Å². The number of hydrogen-bond acceptors (Lipinski definition) is 5. The van der Waals surface area contributed by atoms with Gasteiger partial charge in [-0.3, -0.25) is 9.11 Å². The summed E-state index contributed by atoms with van der Waals surface area (Å²) in [6.07, 6.45) is 0.534. The lowest BCUT2D eigenvalue weighted by Gasteiger charge is -1.96. The minimum absolute atomic E-state index is 0.410. The van der Waals surface area contributed by atoms with Crippen LogP contribution in [0.25, 0.3) is 0 Å². The summed E-state index contributed by atoms with van der Waals surface area (Å²) in [7, 11) is -4.67. The van der Waals surface area contributed by atoms with E-state index in [0.29, 0.717) is 6.42 Å². The van der Waals surface area contributed by atoms with Crippen molar-refractivity contribution in [1.82, 2.24) is 0 Å². The van der Waals surface area contributed by atoms with Gasteiger partial charge in [0.1, 0.15) is 0 Å². The van der Waals surface area contributed by atoms with E-state index in [0.717, 1.165) is 4.86 Å². The molecule has 0 radical (unpaired) electrons. The van der Waals surface area contributed by atoms with Crippen LogP contribution in [0.2, 0.25) is 0 Å². The van der Waals surface area contributed by atoms with E-state index in [4.69, 9.17) is 40.7 Å². The van der Waals surface area contributed by atoms with Gasteiger partial charge in [0.15, 0.2) is 0 Å². The third kappa shape index (κ3) is 34.5. The molecule has 1 atom stereocenters. The van der Waals surface area contributed by atoms with Gasteiger partial charge in [0.2, 0.25) is 0 Å². The molecule has 0 bridgehead atoms. The molecule has 0 aliphatic heterocycles. The summed E-state index contributed by atoms with van der Waals surface area (Å²) >= 11 is 4.71. The molecule has 0 heterocycles. The maximum atomic E-state index is 8.74. The van der Waals surface area contributed by atoms with Crippen LogP contribution in [-0.2, 0) is 10.4 Å². The van der Waals surface area contributed by atoms with E-state index in [1.165, 1.54) is 0 Å². The maximum absolute atomic E-state index is 8.74. The predicted molar refractivity (Wildman–Crippen MR) is 50.7 cm³/mol. The SMILES string of the molecule is CC(=S)CC(N)C#N.O=S(=O)(O)O. The zero-order chi connectivity index (χ0) is 11.1. The van der Waals surface area contributed by atoms with Crippen molar-refractivity contribution in [3.8, 4) is 6.07 Å². The molecule has 76 valence electrons. The van der Waals surface area contributed by atoms with Gasteiger partial charge in [0.05, 0.1) is 12.1 Å². The molecule has 0 aliphatic rings. The lowest BCUT2D eigenvalue weighted by molar-refractivity contribution is 0.381. The second-order valence-electron chi connectivity index (χ2n) is 2.09. The van der Waals surface area contributed by atoms with Crippen LogP contribution in [0.4, 0.5) is 0 Å². The number of nitriles is 1. The average molecular weight is 226 g/mol. The van der Waals surface area contributed by atoms with E-state index >= 15 is 0 Å². The Bertz CT molecular complexity index is 284. The standard InChI is InChI=1S/C5H8N2S.H2O4S/c1-4(8)2-5(7)3-6;1-5(2,3)4/h5H,2,7H2,1H3;(H2,1,2,3,4). The lowest BCUT2D eigenvalue weighted by Crippen LogP contribution is -2.19. The summed E-state index contributed by atoms with van der Waals surface area (Å²) in [5.74, 6) is 0. The van der Waals surface area contributed by atoms with Gasteiger partial charge in [-0.05, 0) is 11.8 Å². The lowest BCUT2D eigenvalue weighted by atomic mass is 10.2. The number of rotatable bonds is 2. The van der Waals surface area contributed by atoms with Crippen LogP contribution in [0.5, 0.6) is 0 Å². The molecule has 6 nitrogen and oxygen atoms in total. The Morgan fingerprint density at radius 1 is 1.69 bits per heavy atom. The molecule has 0 spiro atoms. The molecule has 1 unspecified atom stereocenters. The molecular weight excluding hydrogens is 216 g/mol. The molecule has 0 aromatic heterocycles. The van der Waals surface area contributed by atoms with E-state index in [1.54, 1.807) is 6.92 Å². The maximum Gasteiger partial charge on any atom is 0.394 e. The fourth-order valence-electron chi connectivity index (χ4n) is 0.355. The monoisotopic (exact) mass is 226 g/mol. The highest BCUT2D eigenvalue weighted by Crippen LogP contribution is 1.88. The first kappa shape index (κ1) is 14.9. The van der Waals surface area contributed by atoms with Crippen molar-refractivity contribution in [3.05, 3.63) is 0 Å². The van der Waals surface area contributed by atoms with Crippen molar-refractivity contribution in [2.75, 3.05) is 0 Å². The van der Waals surface area contributed by atoms with Crippen molar-refractivity contribution < 1.29 is 17.5 Å². The molecule has 0 saturated carbocycles. The Balaban J connectivity index is 0. The Hall–Kier alpha value is -0.590. The first-order valence-corrected chi connectivity index (χ1v) is 4.82. The van der Waals surface area contributed by atoms with Crippen LogP contribution in [0.15, 0.2) is 0 Å². The largest absolute Gasteiger partial charge is 0.394 e. The summed E-state index contributed by atoms with van der Waals surface area (Å²) in [6, 6.07) is 1.48. The van der Waals surface area contributed by atoms with Gasteiger partial charge in [-0.1, -0.05) is 12.2 Å². The van der Waals surface area contributed by atoms with Crippen molar-refractivity contribution in [2.24, 2.45) is 5.73 Å². The number of nitrogens with zero attached hydrogens (tertiary/aromatic N) is 1. The third-order valence-electron chi connectivity index (χ3n) is 0.673. The zero-order valence-electron chi connectivity index (χ0n) is 6.84. The van der Waals surface area contributed by atoms with Crippen LogP contribution in [-0.4, -0.2) is 28.4 Å². The molecule has 0 amide bonds. The highest BCUT2D eigenvalue weighted by Gasteiger charge is 1.98. The molecule has 0 aromatic carbocycles. The van der Waals surface area contributed by atoms with Crippen molar-refractivity contribution in [2.45, 2.75) is 19.4 Å². The molecule has 8 heteroatoms. The molecule has 13 heavy (non-hydrogen) atoms. The smallest absolute Gasteiger partial charge is 0.316 e. The molecule has 4 N–H and O–H groups in total. The Morgan fingerprint density at radius 3 is 2.08 bits per heavy atom. The van der Waals surface area contributed by atoms with Gasteiger partial charge < -0.3 is 5.73 Å². The quantitative estimate of drug-likeness (QED) is 0.445. The minimum atomic E-state index is -4.67.